The number of nitrogens with zero attached hydrogens (tertiary/aromatic N) is 2. The molecule has 1 aromatic carbocycles. The van der Waals surface area contributed by atoms with E-state index in [-0.39, 0.29) is 0 Å². The minimum absolute atomic E-state index is 0.349. The fourth-order valence-corrected chi connectivity index (χ4v) is 2.51. The first-order chi connectivity index (χ1) is 8.97. The Labute approximate surface area is 122 Å². The summed E-state index contributed by atoms with van der Waals surface area (Å²) in [7, 11) is 0. The summed E-state index contributed by atoms with van der Waals surface area (Å²) < 4.78 is 1.07. The van der Waals surface area contributed by atoms with Crippen LogP contribution in [0.15, 0.2) is 28.7 Å². The number of rotatable bonds is 3. The summed E-state index contributed by atoms with van der Waals surface area (Å²) in [6.07, 6.45) is 0.705. The third-order valence-electron chi connectivity index (χ3n) is 3.06. The quantitative estimate of drug-likeness (QED) is 0.935. The average molecular weight is 320 g/mol. The summed E-state index contributed by atoms with van der Waals surface area (Å²) in [5.41, 5.74) is 9.26. The Kier molecular flexibility index (Phi) is 4.20. The predicted octanol–water partition coefficient (Wildman–Crippen LogP) is 3.84. The van der Waals surface area contributed by atoms with E-state index in [2.05, 4.69) is 51.9 Å². The molecule has 0 saturated heterocycles. The number of hydrogen-bond donors (Lipinski definition) is 1. The van der Waals surface area contributed by atoms with Crippen molar-refractivity contribution in [2.75, 3.05) is 5.73 Å². The van der Waals surface area contributed by atoms with Crippen molar-refractivity contribution in [1.29, 1.82) is 0 Å². The number of nitrogen functional groups attached to an aromatic ring is 1. The molecule has 2 N–H and O–H groups in total. The topological polar surface area (TPSA) is 51.8 Å². The summed E-state index contributed by atoms with van der Waals surface area (Å²) in [5.74, 6) is 1.73. The smallest absolute Gasteiger partial charge is 0.135 e. The van der Waals surface area contributed by atoms with Crippen molar-refractivity contribution < 1.29 is 0 Å². The molecule has 0 unspecified atom stereocenters. The third-order valence-corrected chi connectivity index (χ3v) is 3.59. The van der Waals surface area contributed by atoms with E-state index in [4.69, 9.17) is 5.73 Å². The molecule has 0 fully saturated rings. The lowest BCUT2D eigenvalue weighted by Gasteiger charge is -2.13. The lowest BCUT2D eigenvalue weighted by Crippen LogP contribution is -2.09. The minimum Gasteiger partial charge on any atom is -0.383 e. The van der Waals surface area contributed by atoms with E-state index in [1.165, 1.54) is 5.56 Å². The highest BCUT2D eigenvalue weighted by molar-refractivity contribution is 9.10. The lowest BCUT2D eigenvalue weighted by molar-refractivity contribution is 0.817. The van der Waals surface area contributed by atoms with Gasteiger partial charge in [-0.1, -0.05) is 41.9 Å². The van der Waals surface area contributed by atoms with Gasteiger partial charge in [-0.2, -0.15) is 0 Å². The van der Waals surface area contributed by atoms with Crippen molar-refractivity contribution in [3.8, 4) is 0 Å². The maximum atomic E-state index is 6.04. The Morgan fingerprint density at radius 1 is 1.16 bits per heavy atom. The maximum absolute atomic E-state index is 6.04. The second kappa shape index (κ2) is 5.70. The highest BCUT2D eigenvalue weighted by Gasteiger charge is 2.12. The summed E-state index contributed by atoms with van der Waals surface area (Å²) in [6.45, 7) is 6.21. The van der Waals surface area contributed by atoms with E-state index < -0.39 is 0 Å². The van der Waals surface area contributed by atoms with E-state index in [9.17, 15) is 0 Å². The molecule has 0 aliphatic heterocycles. The highest BCUT2D eigenvalue weighted by Crippen LogP contribution is 2.23. The molecule has 4 heteroatoms. The lowest BCUT2D eigenvalue weighted by atomic mass is 10.0. The van der Waals surface area contributed by atoms with Crippen molar-refractivity contribution in [3.63, 3.8) is 0 Å². The van der Waals surface area contributed by atoms with Gasteiger partial charge in [-0.05, 0) is 30.5 Å². The largest absolute Gasteiger partial charge is 0.383 e. The molecule has 0 bridgehead atoms. The Morgan fingerprint density at radius 3 is 2.32 bits per heavy atom. The molecule has 0 atom stereocenters. The van der Waals surface area contributed by atoms with Gasteiger partial charge in [0.1, 0.15) is 11.6 Å². The van der Waals surface area contributed by atoms with Crippen molar-refractivity contribution >= 4 is 21.7 Å². The summed E-state index contributed by atoms with van der Waals surface area (Å²) >= 11 is 3.43. The summed E-state index contributed by atoms with van der Waals surface area (Å²) in [4.78, 5) is 9.00. The number of hydrogen-bond acceptors (Lipinski definition) is 3. The number of benzene rings is 1. The second-order valence-corrected chi connectivity index (χ2v) is 5.90. The standard InChI is InChI=1S/C15H18BrN3/c1-9(2)14-10(3)18-13(19-15(14)17)8-11-4-6-12(16)7-5-11/h4-7,9H,8H2,1-3H3,(H2,17,18,19). The van der Waals surface area contributed by atoms with Crippen LogP contribution in [-0.2, 0) is 6.42 Å². The minimum atomic E-state index is 0.349. The van der Waals surface area contributed by atoms with Crippen LogP contribution in [0, 0.1) is 6.92 Å². The first-order valence-corrected chi connectivity index (χ1v) is 7.14. The van der Waals surface area contributed by atoms with Crippen LogP contribution in [0.25, 0.3) is 0 Å². The molecule has 2 aromatic rings. The van der Waals surface area contributed by atoms with E-state index >= 15 is 0 Å². The molecule has 0 spiro atoms. The average Bonchev–Trinajstić information content (AvgIpc) is 2.30. The van der Waals surface area contributed by atoms with Crippen molar-refractivity contribution in [2.24, 2.45) is 0 Å². The molecule has 2 rings (SSSR count). The molecule has 0 saturated carbocycles. The van der Waals surface area contributed by atoms with Gasteiger partial charge in [0, 0.05) is 22.2 Å². The number of anilines is 1. The zero-order valence-electron chi connectivity index (χ0n) is 11.4. The second-order valence-electron chi connectivity index (χ2n) is 4.98. The van der Waals surface area contributed by atoms with Crippen LogP contribution < -0.4 is 5.73 Å². The number of aromatic nitrogens is 2. The zero-order chi connectivity index (χ0) is 14.0. The molecular formula is C15H18BrN3. The molecule has 0 aliphatic carbocycles. The normalized spacial score (nSPS) is 11.0. The molecule has 1 aromatic heterocycles. The van der Waals surface area contributed by atoms with Gasteiger partial charge in [0.15, 0.2) is 0 Å². The Morgan fingerprint density at radius 2 is 1.79 bits per heavy atom. The summed E-state index contributed by atoms with van der Waals surface area (Å²) in [5, 5.41) is 0. The molecular weight excluding hydrogens is 302 g/mol. The Hall–Kier alpha value is -1.42. The van der Waals surface area contributed by atoms with Crippen molar-refractivity contribution in [2.45, 2.75) is 33.1 Å². The molecule has 1 heterocycles. The van der Waals surface area contributed by atoms with Gasteiger partial charge < -0.3 is 5.73 Å². The molecule has 0 aliphatic rings. The Balaban J connectivity index is 2.29. The zero-order valence-corrected chi connectivity index (χ0v) is 13.0. The van der Waals surface area contributed by atoms with Gasteiger partial charge in [0.25, 0.3) is 0 Å². The van der Waals surface area contributed by atoms with Crippen LogP contribution in [0.4, 0.5) is 5.82 Å². The van der Waals surface area contributed by atoms with Crippen molar-refractivity contribution in [1.82, 2.24) is 9.97 Å². The van der Waals surface area contributed by atoms with E-state index in [0.29, 0.717) is 18.2 Å². The maximum Gasteiger partial charge on any atom is 0.135 e. The van der Waals surface area contributed by atoms with E-state index in [0.717, 1.165) is 21.6 Å². The van der Waals surface area contributed by atoms with E-state index in [1.807, 2.05) is 19.1 Å². The third kappa shape index (κ3) is 3.32. The van der Waals surface area contributed by atoms with Crippen LogP contribution in [0.5, 0.6) is 0 Å². The SMILES string of the molecule is Cc1nc(Cc2ccc(Br)cc2)nc(N)c1C(C)C. The van der Waals surface area contributed by atoms with Gasteiger partial charge >= 0.3 is 0 Å². The first-order valence-electron chi connectivity index (χ1n) is 6.34. The fourth-order valence-electron chi connectivity index (χ4n) is 2.24. The monoisotopic (exact) mass is 319 g/mol. The van der Waals surface area contributed by atoms with Gasteiger partial charge in [0.05, 0.1) is 0 Å². The molecule has 3 nitrogen and oxygen atoms in total. The first kappa shape index (κ1) is 14.0. The molecule has 0 radical (unpaired) electrons. The van der Waals surface area contributed by atoms with Crippen LogP contribution in [0.3, 0.4) is 0 Å². The number of nitrogens with two attached hydrogens (primary N) is 1. The highest BCUT2D eigenvalue weighted by atomic mass is 79.9. The molecule has 19 heavy (non-hydrogen) atoms. The number of halogens is 1. The van der Waals surface area contributed by atoms with Crippen LogP contribution in [0.2, 0.25) is 0 Å². The fraction of sp³-hybridized carbons (Fsp3) is 0.333. The van der Waals surface area contributed by atoms with Crippen LogP contribution >= 0.6 is 15.9 Å². The van der Waals surface area contributed by atoms with Gasteiger partial charge in [0.2, 0.25) is 0 Å². The Bertz CT molecular complexity index is 553. The van der Waals surface area contributed by atoms with Gasteiger partial charge in [-0.15, -0.1) is 0 Å². The van der Waals surface area contributed by atoms with Gasteiger partial charge in [-0.3, -0.25) is 0 Å². The van der Waals surface area contributed by atoms with Crippen molar-refractivity contribution in [3.05, 3.63) is 51.4 Å². The number of aryl methyl sites for hydroxylation is 1. The molecule has 0 amide bonds. The van der Waals surface area contributed by atoms with Crippen LogP contribution in [0.1, 0.15) is 42.4 Å². The van der Waals surface area contributed by atoms with Gasteiger partial charge in [-0.25, -0.2) is 9.97 Å². The van der Waals surface area contributed by atoms with E-state index in [1.54, 1.807) is 0 Å². The predicted molar refractivity (Wildman–Crippen MR) is 82.2 cm³/mol. The summed E-state index contributed by atoms with van der Waals surface area (Å²) in [6, 6.07) is 8.17. The molecule has 100 valence electrons. The van der Waals surface area contributed by atoms with Crippen LogP contribution in [-0.4, -0.2) is 9.97 Å².